The van der Waals surface area contributed by atoms with Crippen LogP contribution in [0.2, 0.25) is 10.0 Å². The van der Waals surface area contributed by atoms with Crippen LogP contribution >= 0.6 is 23.2 Å². The largest absolute Gasteiger partial charge is 0.497 e. The first kappa shape index (κ1) is 14.9. The number of hydrogen-bond donors (Lipinski definition) is 2. The third-order valence-electron chi connectivity index (χ3n) is 4.45. The molecule has 2 heterocycles. The van der Waals surface area contributed by atoms with Crippen molar-refractivity contribution in [3.63, 3.8) is 0 Å². The van der Waals surface area contributed by atoms with Gasteiger partial charge in [-0.2, -0.15) is 0 Å². The van der Waals surface area contributed by atoms with Crippen LogP contribution in [0, 0.1) is 0 Å². The van der Waals surface area contributed by atoms with Crippen LogP contribution in [0.1, 0.15) is 22.9 Å². The van der Waals surface area contributed by atoms with E-state index in [1.807, 2.05) is 24.3 Å². The third kappa shape index (κ3) is 2.40. The van der Waals surface area contributed by atoms with Crippen LogP contribution in [0.25, 0.3) is 10.9 Å². The number of methoxy groups -OCH3 is 1. The lowest BCUT2D eigenvalue weighted by molar-refractivity contribution is 0.415. The average Bonchev–Trinajstić information content (AvgIpc) is 2.95. The zero-order valence-electron chi connectivity index (χ0n) is 12.6. The zero-order valence-corrected chi connectivity index (χ0v) is 14.1. The lowest BCUT2D eigenvalue weighted by Crippen LogP contribution is -2.30. The maximum atomic E-state index is 6.43. The maximum absolute atomic E-state index is 6.43. The molecule has 0 aliphatic carbocycles. The zero-order chi connectivity index (χ0) is 16.0. The van der Waals surface area contributed by atoms with Crippen LogP contribution in [0.4, 0.5) is 0 Å². The van der Waals surface area contributed by atoms with E-state index >= 15 is 0 Å². The van der Waals surface area contributed by atoms with Crippen LogP contribution in [-0.4, -0.2) is 18.6 Å². The van der Waals surface area contributed by atoms with Gasteiger partial charge in [-0.15, -0.1) is 0 Å². The molecule has 1 aliphatic rings. The molecule has 1 aliphatic heterocycles. The van der Waals surface area contributed by atoms with E-state index in [1.54, 1.807) is 7.11 Å². The third-order valence-corrected chi connectivity index (χ3v) is 5.28. The molecular formula is C18H16Cl2N2O. The summed E-state index contributed by atoms with van der Waals surface area (Å²) in [6.07, 6.45) is 0.969. The highest BCUT2D eigenvalue weighted by molar-refractivity contribution is 6.42. The number of H-pyrrole nitrogens is 1. The Bertz CT molecular complexity index is 888. The van der Waals surface area contributed by atoms with Crippen LogP contribution < -0.4 is 10.1 Å². The number of fused-ring (bicyclic) bond motifs is 3. The van der Waals surface area contributed by atoms with Gasteiger partial charge in [0.1, 0.15) is 5.75 Å². The van der Waals surface area contributed by atoms with E-state index in [0.29, 0.717) is 10.0 Å². The van der Waals surface area contributed by atoms with Crippen molar-refractivity contribution in [1.82, 2.24) is 10.3 Å². The van der Waals surface area contributed by atoms with E-state index < -0.39 is 0 Å². The molecule has 1 atom stereocenters. The van der Waals surface area contributed by atoms with Crippen LogP contribution in [0.15, 0.2) is 36.4 Å². The first-order valence-electron chi connectivity index (χ1n) is 7.55. The first-order valence-corrected chi connectivity index (χ1v) is 8.30. The summed E-state index contributed by atoms with van der Waals surface area (Å²) < 4.78 is 5.36. The quantitative estimate of drug-likeness (QED) is 0.704. The smallest absolute Gasteiger partial charge is 0.119 e. The van der Waals surface area contributed by atoms with Crippen LogP contribution in [0.3, 0.4) is 0 Å². The van der Waals surface area contributed by atoms with Gasteiger partial charge in [0.2, 0.25) is 0 Å². The molecule has 0 radical (unpaired) electrons. The summed E-state index contributed by atoms with van der Waals surface area (Å²) in [7, 11) is 1.69. The molecule has 0 fully saturated rings. The standard InChI is InChI=1S/C18H16Cl2N2O/c1-23-10-5-6-15-13(9-10)11-7-8-21-17(18(11)22-15)12-3-2-4-14(19)16(12)20/h2-6,9,17,21-22H,7-8H2,1H3. The van der Waals surface area contributed by atoms with E-state index in [0.717, 1.165) is 35.5 Å². The van der Waals surface area contributed by atoms with Crippen molar-refractivity contribution in [2.45, 2.75) is 12.5 Å². The lowest BCUT2D eigenvalue weighted by atomic mass is 9.94. The summed E-state index contributed by atoms with van der Waals surface area (Å²) in [5, 5.41) is 5.94. The molecule has 3 aromatic rings. The Morgan fingerprint density at radius 2 is 2.04 bits per heavy atom. The van der Waals surface area contributed by atoms with Gasteiger partial charge in [0.05, 0.1) is 23.2 Å². The van der Waals surface area contributed by atoms with E-state index in [1.165, 1.54) is 10.9 Å². The Kier molecular flexibility index (Phi) is 3.72. The van der Waals surface area contributed by atoms with Gasteiger partial charge in [-0.05, 0) is 41.8 Å². The fraction of sp³-hybridized carbons (Fsp3) is 0.222. The fourth-order valence-corrected chi connectivity index (χ4v) is 3.76. The molecule has 0 bridgehead atoms. The summed E-state index contributed by atoms with van der Waals surface area (Å²) in [6.45, 7) is 0.894. The number of aromatic amines is 1. The van der Waals surface area contributed by atoms with Crippen molar-refractivity contribution in [3.8, 4) is 5.75 Å². The van der Waals surface area contributed by atoms with Gasteiger partial charge in [0, 0.05) is 23.1 Å². The number of halogens is 2. The molecule has 3 nitrogen and oxygen atoms in total. The van der Waals surface area contributed by atoms with Gasteiger partial charge in [-0.25, -0.2) is 0 Å². The number of rotatable bonds is 2. The maximum Gasteiger partial charge on any atom is 0.119 e. The molecule has 1 unspecified atom stereocenters. The molecule has 1 aromatic heterocycles. The second-order valence-corrected chi connectivity index (χ2v) is 6.49. The number of aromatic nitrogens is 1. The fourth-order valence-electron chi connectivity index (χ4n) is 3.34. The molecule has 23 heavy (non-hydrogen) atoms. The highest BCUT2D eigenvalue weighted by atomic mass is 35.5. The normalized spacial score (nSPS) is 17.3. The molecule has 5 heteroatoms. The Morgan fingerprint density at radius 3 is 2.87 bits per heavy atom. The van der Waals surface area contributed by atoms with Crippen molar-refractivity contribution < 1.29 is 4.74 Å². The van der Waals surface area contributed by atoms with Gasteiger partial charge >= 0.3 is 0 Å². The molecule has 4 rings (SSSR count). The second-order valence-electron chi connectivity index (χ2n) is 5.71. The van der Waals surface area contributed by atoms with Crippen molar-refractivity contribution in [3.05, 3.63) is 63.3 Å². The second kappa shape index (κ2) is 5.75. The van der Waals surface area contributed by atoms with E-state index in [4.69, 9.17) is 27.9 Å². The number of hydrogen-bond acceptors (Lipinski definition) is 2. The predicted octanol–water partition coefficient (Wildman–Crippen LogP) is 4.72. The minimum absolute atomic E-state index is 0.0170. The topological polar surface area (TPSA) is 37.0 Å². The Labute approximate surface area is 144 Å². The van der Waals surface area contributed by atoms with Crippen molar-refractivity contribution >= 4 is 34.1 Å². The predicted molar refractivity (Wildman–Crippen MR) is 94.9 cm³/mol. The molecule has 0 saturated carbocycles. The van der Waals surface area contributed by atoms with E-state index in [2.05, 4.69) is 22.4 Å². The average molecular weight is 347 g/mol. The molecular weight excluding hydrogens is 331 g/mol. The molecule has 2 aromatic carbocycles. The number of nitrogens with one attached hydrogen (secondary N) is 2. The first-order chi connectivity index (χ1) is 11.2. The van der Waals surface area contributed by atoms with Gasteiger partial charge in [-0.3, -0.25) is 0 Å². The number of benzene rings is 2. The monoisotopic (exact) mass is 346 g/mol. The van der Waals surface area contributed by atoms with Gasteiger partial charge in [0.15, 0.2) is 0 Å². The summed E-state index contributed by atoms with van der Waals surface area (Å²) in [5.41, 5.74) is 4.59. The highest BCUT2D eigenvalue weighted by Crippen LogP contribution is 2.38. The minimum Gasteiger partial charge on any atom is -0.497 e. The summed E-state index contributed by atoms with van der Waals surface area (Å²) in [4.78, 5) is 3.54. The summed E-state index contributed by atoms with van der Waals surface area (Å²) in [6, 6.07) is 11.9. The summed E-state index contributed by atoms with van der Waals surface area (Å²) >= 11 is 12.6. The molecule has 0 saturated heterocycles. The molecule has 2 N–H and O–H groups in total. The highest BCUT2D eigenvalue weighted by Gasteiger charge is 2.27. The van der Waals surface area contributed by atoms with Crippen molar-refractivity contribution in [2.75, 3.05) is 13.7 Å². The lowest BCUT2D eigenvalue weighted by Gasteiger charge is -2.25. The molecule has 0 spiro atoms. The summed E-state index contributed by atoms with van der Waals surface area (Å²) in [5.74, 6) is 0.871. The molecule has 118 valence electrons. The van der Waals surface area contributed by atoms with Crippen molar-refractivity contribution in [1.29, 1.82) is 0 Å². The minimum atomic E-state index is 0.0170. The Morgan fingerprint density at radius 1 is 1.17 bits per heavy atom. The molecule has 0 amide bonds. The van der Waals surface area contributed by atoms with E-state index in [9.17, 15) is 0 Å². The van der Waals surface area contributed by atoms with Crippen LogP contribution in [-0.2, 0) is 6.42 Å². The van der Waals surface area contributed by atoms with Gasteiger partial charge in [0.25, 0.3) is 0 Å². The van der Waals surface area contributed by atoms with E-state index in [-0.39, 0.29) is 6.04 Å². The SMILES string of the molecule is COc1ccc2[nH]c3c(c2c1)CCNC3c1cccc(Cl)c1Cl. The number of ether oxygens (including phenoxy) is 1. The Balaban J connectivity index is 1.90. The van der Waals surface area contributed by atoms with Crippen molar-refractivity contribution in [2.24, 2.45) is 0 Å². The Hall–Kier alpha value is -1.68. The van der Waals surface area contributed by atoms with Crippen LogP contribution in [0.5, 0.6) is 5.75 Å². The van der Waals surface area contributed by atoms with Gasteiger partial charge in [-0.1, -0.05) is 35.3 Å². The van der Waals surface area contributed by atoms with Gasteiger partial charge < -0.3 is 15.0 Å².